The molecule has 5 rings (SSSR count). The number of H-pyrrole nitrogens is 1. The van der Waals surface area contributed by atoms with Gasteiger partial charge in [-0.1, -0.05) is 24.3 Å². The molecule has 0 bridgehead atoms. The Labute approximate surface area is 121 Å². The fourth-order valence-corrected chi connectivity index (χ4v) is 3.45. The molecule has 0 saturated carbocycles. The van der Waals surface area contributed by atoms with Gasteiger partial charge in [0, 0.05) is 23.2 Å². The lowest BCUT2D eigenvalue weighted by Crippen LogP contribution is -2.04. The summed E-state index contributed by atoms with van der Waals surface area (Å²) in [5.74, 6) is 0. The standard InChI is InChI=1S/C18H13N3/c1-3-11-5-7-13-14-8-6-12-4-2-10-20-16(12)18(14)21-17(13)15(11)19-9-1/h1-5,7,9-10,21H,6,8H2. The van der Waals surface area contributed by atoms with E-state index in [-0.39, 0.29) is 0 Å². The molecule has 0 spiro atoms. The maximum atomic E-state index is 4.58. The van der Waals surface area contributed by atoms with Crippen LogP contribution in [-0.2, 0) is 12.8 Å². The number of nitrogens with zero attached hydrogens (tertiary/aromatic N) is 2. The highest BCUT2D eigenvalue weighted by atomic mass is 14.8. The first-order valence-corrected chi connectivity index (χ1v) is 7.24. The molecule has 4 aromatic rings. The van der Waals surface area contributed by atoms with Crippen molar-refractivity contribution in [1.29, 1.82) is 0 Å². The Kier molecular flexibility index (Phi) is 2.06. The Hall–Kier alpha value is -2.68. The molecular weight excluding hydrogens is 258 g/mol. The van der Waals surface area contributed by atoms with E-state index in [9.17, 15) is 0 Å². The molecule has 1 aliphatic rings. The summed E-state index contributed by atoms with van der Waals surface area (Å²) in [5.41, 5.74) is 7.15. The van der Waals surface area contributed by atoms with Gasteiger partial charge >= 0.3 is 0 Å². The van der Waals surface area contributed by atoms with Gasteiger partial charge in [0.1, 0.15) is 0 Å². The molecule has 0 amide bonds. The number of rotatable bonds is 0. The second-order valence-corrected chi connectivity index (χ2v) is 5.55. The first-order valence-electron chi connectivity index (χ1n) is 7.24. The third kappa shape index (κ3) is 1.43. The second kappa shape index (κ2) is 3.92. The Morgan fingerprint density at radius 1 is 0.905 bits per heavy atom. The lowest BCUT2D eigenvalue weighted by Gasteiger charge is -2.14. The highest BCUT2D eigenvalue weighted by molar-refractivity contribution is 6.07. The molecule has 3 aromatic heterocycles. The smallest absolute Gasteiger partial charge is 0.0942 e. The van der Waals surface area contributed by atoms with Gasteiger partial charge in [0.15, 0.2) is 0 Å². The zero-order chi connectivity index (χ0) is 13.8. The van der Waals surface area contributed by atoms with Gasteiger partial charge in [-0.3, -0.25) is 9.97 Å². The number of hydrogen-bond acceptors (Lipinski definition) is 2. The quantitative estimate of drug-likeness (QED) is 0.527. The Bertz CT molecular complexity index is 998. The maximum Gasteiger partial charge on any atom is 0.0942 e. The van der Waals surface area contributed by atoms with E-state index in [2.05, 4.69) is 39.2 Å². The lowest BCUT2D eigenvalue weighted by atomic mass is 9.92. The van der Waals surface area contributed by atoms with Gasteiger partial charge in [0.2, 0.25) is 0 Å². The summed E-state index contributed by atoms with van der Waals surface area (Å²) in [6.45, 7) is 0. The topological polar surface area (TPSA) is 41.6 Å². The molecule has 0 fully saturated rings. The van der Waals surface area contributed by atoms with Crippen LogP contribution in [0.25, 0.3) is 33.2 Å². The van der Waals surface area contributed by atoms with Gasteiger partial charge in [-0.25, -0.2) is 0 Å². The number of benzene rings is 1. The van der Waals surface area contributed by atoms with Crippen LogP contribution in [0.2, 0.25) is 0 Å². The molecule has 21 heavy (non-hydrogen) atoms. The normalized spacial score (nSPS) is 13.3. The summed E-state index contributed by atoms with van der Waals surface area (Å²) in [6, 6.07) is 12.6. The molecule has 100 valence electrons. The molecule has 0 unspecified atom stereocenters. The minimum Gasteiger partial charge on any atom is -0.351 e. The van der Waals surface area contributed by atoms with Crippen molar-refractivity contribution in [3.05, 3.63) is 59.9 Å². The molecule has 0 aliphatic heterocycles. The largest absolute Gasteiger partial charge is 0.351 e. The molecule has 3 heteroatoms. The highest BCUT2D eigenvalue weighted by Gasteiger charge is 2.22. The fourth-order valence-electron chi connectivity index (χ4n) is 3.45. The second-order valence-electron chi connectivity index (χ2n) is 5.55. The van der Waals surface area contributed by atoms with Crippen molar-refractivity contribution in [3.8, 4) is 11.4 Å². The Morgan fingerprint density at radius 2 is 1.81 bits per heavy atom. The van der Waals surface area contributed by atoms with E-state index >= 15 is 0 Å². The monoisotopic (exact) mass is 271 g/mol. The van der Waals surface area contributed by atoms with Crippen LogP contribution >= 0.6 is 0 Å². The lowest BCUT2D eigenvalue weighted by molar-refractivity contribution is 0.932. The predicted molar refractivity (Wildman–Crippen MR) is 84.2 cm³/mol. The molecule has 1 aromatic carbocycles. The highest BCUT2D eigenvalue weighted by Crippen LogP contribution is 2.37. The third-order valence-electron chi connectivity index (χ3n) is 4.42. The van der Waals surface area contributed by atoms with E-state index in [0.29, 0.717) is 0 Å². The van der Waals surface area contributed by atoms with E-state index in [4.69, 9.17) is 0 Å². The van der Waals surface area contributed by atoms with Crippen LogP contribution < -0.4 is 0 Å². The van der Waals surface area contributed by atoms with Crippen LogP contribution in [0.1, 0.15) is 11.1 Å². The summed E-state index contributed by atoms with van der Waals surface area (Å²) in [6.07, 6.45) is 5.85. The van der Waals surface area contributed by atoms with E-state index in [0.717, 1.165) is 29.6 Å². The van der Waals surface area contributed by atoms with E-state index in [1.165, 1.54) is 27.6 Å². The van der Waals surface area contributed by atoms with Gasteiger partial charge in [0.05, 0.1) is 22.4 Å². The molecule has 3 heterocycles. The van der Waals surface area contributed by atoms with Gasteiger partial charge in [-0.15, -0.1) is 0 Å². The molecule has 0 atom stereocenters. The summed E-state index contributed by atoms with van der Waals surface area (Å²) < 4.78 is 0. The molecule has 3 nitrogen and oxygen atoms in total. The number of aromatic amines is 1. The van der Waals surface area contributed by atoms with E-state index < -0.39 is 0 Å². The van der Waals surface area contributed by atoms with Gasteiger partial charge < -0.3 is 4.98 Å². The fraction of sp³-hybridized carbons (Fsp3) is 0.111. The average Bonchev–Trinajstić information content (AvgIpc) is 2.94. The number of pyridine rings is 2. The number of aromatic nitrogens is 3. The number of fused-ring (bicyclic) bond motifs is 7. The van der Waals surface area contributed by atoms with Crippen molar-refractivity contribution in [1.82, 2.24) is 15.0 Å². The first-order chi connectivity index (χ1) is 10.4. The van der Waals surface area contributed by atoms with E-state index in [1.54, 1.807) is 0 Å². The van der Waals surface area contributed by atoms with Crippen LogP contribution in [0, 0.1) is 0 Å². The minimum absolute atomic E-state index is 1.04. The minimum atomic E-state index is 1.04. The SMILES string of the molecule is c1cnc2c(c1)CCc1c-2[nH]c2c1ccc1cccnc12. The van der Waals surface area contributed by atoms with Crippen LogP contribution in [0.4, 0.5) is 0 Å². The van der Waals surface area contributed by atoms with Crippen molar-refractivity contribution in [2.24, 2.45) is 0 Å². The maximum absolute atomic E-state index is 4.58. The van der Waals surface area contributed by atoms with Gasteiger partial charge in [-0.05, 0) is 36.1 Å². The summed E-state index contributed by atoms with van der Waals surface area (Å²) in [7, 11) is 0. The van der Waals surface area contributed by atoms with Crippen molar-refractivity contribution in [2.45, 2.75) is 12.8 Å². The molecule has 0 saturated heterocycles. The summed E-state index contributed by atoms with van der Waals surface area (Å²) >= 11 is 0. The van der Waals surface area contributed by atoms with Crippen LogP contribution in [0.15, 0.2) is 48.8 Å². The predicted octanol–water partition coefficient (Wildman–Crippen LogP) is 3.88. The molecule has 1 aliphatic carbocycles. The number of hydrogen-bond donors (Lipinski definition) is 1. The zero-order valence-corrected chi connectivity index (χ0v) is 11.4. The first kappa shape index (κ1) is 11.0. The number of aryl methyl sites for hydroxylation is 2. The van der Waals surface area contributed by atoms with Crippen molar-refractivity contribution in [2.75, 3.05) is 0 Å². The van der Waals surface area contributed by atoms with Crippen molar-refractivity contribution < 1.29 is 0 Å². The molecule has 1 N–H and O–H groups in total. The number of nitrogens with one attached hydrogen (secondary N) is 1. The Morgan fingerprint density at radius 3 is 2.81 bits per heavy atom. The van der Waals surface area contributed by atoms with Crippen LogP contribution in [0.5, 0.6) is 0 Å². The van der Waals surface area contributed by atoms with Crippen molar-refractivity contribution in [3.63, 3.8) is 0 Å². The summed E-state index contributed by atoms with van der Waals surface area (Å²) in [5, 5.41) is 2.46. The summed E-state index contributed by atoms with van der Waals surface area (Å²) in [4.78, 5) is 12.7. The third-order valence-corrected chi connectivity index (χ3v) is 4.42. The van der Waals surface area contributed by atoms with Crippen molar-refractivity contribution >= 4 is 21.8 Å². The molecular formula is C18H13N3. The van der Waals surface area contributed by atoms with Gasteiger partial charge in [-0.2, -0.15) is 0 Å². The van der Waals surface area contributed by atoms with Gasteiger partial charge in [0.25, 0.3) is 0 Å². The zero-order valence-electron chi connectivity index (χ0n) is 11.4. The molecule has 0 radical (unpaired) electrons. The Balaban J connectivity index is 1.93. The van der Waals surface area contributed by atoms with Crippen LogP contribution in [0.3, 0.4) is 0 Å². The van der Waals surface area contributed by atoms with Crippen LogP contribution in [-0.4, -0.2) is 15.0 Å². The average molecular weight is 271 g/mol. The van der Waals surface area contributed by atoms with E-state index in [1.807, 2.05) is 24.5 Å².